The first kappa shape index (κ1) is 34.1. The van der Waals surface area contributed by atoms with Crippen LogP contribution in [0.4, 0.5) is 0 Å². The van der Waals surface area contributed by atoms with E-state index < -0.39 is 6.04 Å². The van der Waals surface area contributed by atoms with Crippen LogP contribution in [0.25, 0.3) is 6.08 Å². The van der Waals surface area contributed by atoms with E-state index in [1.807, 2.05) is 26.0 Å². The lowest BCUT2D eigenvalue weighted by atomic mass is 9.93. The van der Waals surface area contributed by atoms with Crippen LogP contribution in [0.3, 0.4) is 0 Å². The number of carbonyl (C=O) groups excluding carboxylic acids is 1. The van der Waals surface area contributed by atoms with Crippen molar-refractivity contribution in [3.63, 3.8) is 0 Å². The van der Waals surface area contributed by atoms with Crippen LogP contribution in [0, 0.1) is 0 Å². The maximum atomic E-state index is 14.3. The molecular formula is C35H35Cl2N3O6S. The van der Waals surface area contributed by atoms with Gasteiger partial charge in [0.2, 0.25) is 0 Å². The van der Waals surface area contributed by atoms with E-state index in [1.165, 1.54) is 11.3 Å². The van der Waals surface area contributed by atoms with Crippen LogP contribution in [-0.2, 0) is 11.4 Å². The number of aromatic nitrogens is 1. The zero-order valence-electron chi connectivity index (χ0n) is 26.9. The number of thiazole rings is 1. The number of allylic oxidation sites excluding steroid dienone is 1. The summed E-state index contributed by atoms with van der Waals surface area (Å²) in [6, 6.07) is 15.3. The minimum absolute atomic E-state index is 0.193. The van der Waals surface area contributed by atoms with Gasteiger partial charge >= 0.3 is 0 Å². The number of hydrogen-bond acceptors (Lipinski definition) is 8. The number of methoxy groups -OCH3 is 3. The standard InChI is InChI=1S/C35H35Cl2N3O6S/c1-7-39(8-2)34(42)31-20(3)38-35-40(32(31)24-18-23(43-4)11-14-27(24)44-5)33(41)30(47-35)17-21-10-13-28(29(16-21)45-6)46-19-22-9-12-25(36)26(37)15-22/h9-18,32H,7-8,19H2,1-6H3/b30-17+/t32-/m1/s1. The molecule has 1 atom stereocenters. The number of ether oxygens (including phenoxy) is 4. The Balaban J connectivity index is 1.60. The Labute approximate surface area is 286 Å². The number of carbonyl (C=O) groups is 1. The lowest BCUT2D eigenvalue weighted by Crippen LogP contribution is -2.43. The predicted octanol–water partition coefficient (Wildman–Crippen LogP) is 6.02. The van der Waals surface area contributed by atoms with Gasteiger partial charge in [0.25, 0.3) is 11.5 Å². The highest BCUT2D eigenvalue weighted by Gasteiger charge is 2.36. The molecule has 246 valence electrons. The summed E-state index contributed by atoms with van der Waals surface area (Å²) < 4.78 is 24.9. The summed E-state index contributed by atoms with van der Waals surface area (Å²) >= 11 is 13.4. The highest BCUT2D eigenvalue weighted by molar-refractivity contribution is 7.07. The molecule has 5 rings (SSSR count). The second kappa shape index (κ2) is 14.7. The van der Waals surface area contributed by atoms with Crippen molar-refractivity contribution in [3.05, 3.63) is 112 Å². The van der Waals surface area contributed by atoms with Crippen LogP contribution < -0.4 is 33.8 Å². The van der Waals surface area contributed by atoms with Gasteiger partial charge in [0.15, 0.2) is 16.3 Å². The van der Waals surface area contributed by atoms with E-state index in [4.69, 9.17) is 47.1 Å². The molecule has 0 spiro atoms. The topological polar surface area (TPSA) is 91.6 Å². The third-order valence-electron chi connectivity index (χ3n) is 7.90. The molecule has 0 aliphatic carbocycles. The Hall–Kier alpha value is -4.25. The third kappa shape index (κ3) is 6.90. The molecule has 9 nitrogen and oxygen atoms in total. The molecule has 12 heteroatoms. The van der Waals surface area contributed by atoms with Crippen LogP contribution in [0.1, 0.15) is 43.5 Å². The molecule has 0 saturated heterocycles. The zero-order chi connectivity index (χ0) is 33.8. The van der Waals surface area contributed by atoms with Crippen LogP contribution >= 0.6 is 34.5 Å². The number of halogens is 2. The van der Waals surface area contributed by atoms with Crippen molar-refractivity contribution in [2.75, 3.05) is 34.4 Å². The molecule has 4 aromatic rings. The van der Waals surface area contributed by atoms with Gasteiger partial charge < -0.3 is 23.8 Å². The Morgan fingerprint density at radius 1 is 0.936 bits per heavy atom. The molecule has 47 heavy (non-hydrogen) atoms. The summed E-state index contributed by atoms with van der Waals surface area (Å²) in [6.07, 6.45) is 1.78. The monoisotopic (exact) mass is 695 g/mol. The smallest absolute Gasteiger partial charge is 0.271 e. The molecule has 0 N–H and O–H groups in total. The van der Waals surface area contributed by atoms with Gasteiger partial charge in [0.05, 0.1) is 47.2 Å². The van der Waals surface area contributed by atoms with Crippen molar-refractivity contribution >= 4 is 46.5 Å². The first-order valence-electron chi connectivity index (χ1n) is 14.9. The van der Waals surface area contributed by atoms with E-state index >= 15 is 0 Å². The molecule has 3 aromatic carbocycles. The van der Waals surface area contributed by atoms with E-state index in [0.29, 0.717) is 72.3 Å². The number of fused-ring (bicyclic) bond motifs is 1. The minimum atomic E-state index is -0.793. The Kier molecular flexibility index (Phi) is 10.6. The Morgan fingerprint density at radius 2 is 1.66 bits per heavy atom. The summed E-state index contributed by atoms with van der Waals surface area (Å²) in [4.78, 5) is 35.2. The second-order valence-corrected chi connectivity index (χ2v) is 12.4. The Morgan fingerprint density at radius 3 is 2.32 bits per heavy atom. The van der Waals surface area contributed by atoms with E-state index in [9.17, 15) is 9.59 Å². The molecule has 1 amide bonds. The van der Waals surface area contributed by atoms with Crippen molar-refractivity contribution in [2.24, 2.45) is 4.99 Å². The second-order valence-electron chi connectivity index (χ2n) is 10.6. The fourth-order valence-electron chi connectivity index (χ4n) is 5.46. The van der Waals surface area contributed by atoms with E-state index in [-0.39, 0.29) is 18.1 Å². The maximum Gasteiger partial charge on any atom is 0.271 e. The third-order valence-corrected chi connectivity index (χ3v) is 9.62. The summed E-state index contributed by atoms with van der Waals surface area (Å²) in [7, 11) is 4.68. The van der Waals surface area contributed by atoms with Gasteiger partial charge in [-0.1, -0.05) is 46.7 Å². The minimum Gasteiger partial charge on any atom is -0.497 e. The predicted molar refractivity (Wildman–Crippen MR) is 185 cm³/mol. The highest BCUT2D eigenvalue weighted by Crippen LogP contribution is 2.38. The fourth-order valence-corrected chi connectivity index (χ4v) is 6.83. The number of rotatable bonds is 11. The molecule has 1 aliphatic rings. The first-order chi connectivity index (χ1) is 22.6. The number of amides is 1. The SMILES string of the molecule is CCN(CC)C(=O)C1=C(C)N=c2s/c(=C/c3ccc(OCc4ccc(Cl)c(Cl)c4)c(OC)c3)c(=O)n2[C@@H]1c1cc(OC)ccc1OC. The molecule has 1 aromatic heterocycles. The fraction of sp³-hybridized carbons (Fsp3) is 0.286. The van der Waals surface area contributed by atoms with Gasteiger partial charge in [-0.15, -0.1) is 0 Å². The van der Waals surface area contributed by atoms with Crippen molar-refractivity contribution in [1.29, 1.82) is 0 Å². The number of likely N-dealkylation sites (N-methyl/N-ethyl adjacent to an activating group) is 1. The van der Waals surface area contributed by atoms with E-state index in [1.54, 1.807) is 86.3 Å². The van der Waals surface area contributed by atoms with Gasteiger partial charge in [-0.3, -0.25) is 14.2 Å². The van der Waals surface area contributed by atoms with Crippen LogP contribution in [0.5, 0.6) is 23.0 Å². The van der Waals surface area contributed by atoms with Crippen molar-refractivity contribution < 1.29 is 23.7 Å². The lowest BCUT2D eigenvalue weighted by Gasteiger charge is -2.30. The van der Waals surface area contributed by atoms with Crippen LogP contribution in [0.15, 0.2) is 75.7 Å². The number of hydrogen-bond donors (Lipinski definition) is 0. The molecule has 1 aliphatic heterocycles. The molecule has 0 fully saturated rings. The van der Waals surface area contributed by atoms with Crippen molar-refractivity contribution in [2.45, 2.75) is 33.4 Å². The average molecular weight is 697 g/mol. The van der Waals surface area contributed by atoms with Crippen LogP contribution in [0.2, 0.25) is 10.0 Å². The van der Waals surface area contributed by atoms with Crippen molar-refractivity contribution in [3.8, 4) is 23.0 Å². The summed E-state index contributed by atoms with van der Waals surface area (Å²) in [5.41, 5.74) is 2.84. The van der Waals surface area contributed by atoms with E-state index in [0.717, 1.165) is 11.1 Å². The van der Waals surface area contributed by atoms with Crippen LogP contribution in [-0.4, -0.2) is 49.8 Å². The van der Waals surface area contributed by atoms with Gasteiger partial charge in [-0.05, 0) is 80.4 Å². The average Bonchev–Trinajstić information content (AvgIpc) is 3.38. The molecular weight excluding hydrogens is 661 g/mol. The summed E-state index contributed by atoms with van der Waals surface area (Å²) in [6.45, 7) is 6.92. The highest BCUT2D eigenvalue weighted by atomic mass is 35.5. The van der Waals surface area contributed by atoms with Gasteiger partial charge in [0.1, 0.15) is 24.1 Å². The molecule has 0 bridgehead atoms. The largest absolute Gasteiger partial charge is 0.497 e. The normalized spacial score (nSPS) is 14.4. The number of benzene rings is 3. The molecule has 0 unspecified atom stereocenters. The molecule has 2 heterocycles. The lowest BCUT2D eigenvalue weighted by molar-refractivity contribution is -0.127. The van der Waals surface area contributed by atoms with Gasteiger partial charge in [0, 0.05) is 18.7 Å². The quantitative estimate of drug-likeness (QED) is 0.191. The first-order valence-corrected chi connectivity index (χ1v) is 16.5. The zero-order valence-corrected chi connectivity index (χ0v) is 29.3. The van der Waals surface area contributed by atoms with Gasteiger partial charge in [-0.2, -0.15) is 0 Å². The molecule has 0 radical (unpaired) electrons. The van der Waals surface area contributed by atoms with Gasteiger partial charge in [-0.25, -0.2) is 4.99 Å². The number of nitrogens with zero attached hydrogens (tertiary/aromatic N) is 3. The molecule has 0 saturated carbocycles. The van der Waals surface area contributed by atoms with E-state index in [2.05, 4.69) is 0 Å². The summed E-state index contributed by atoms with van der Waals surface area (Å²) in [5, 5.41) is 0.918. The maximum absolute atomic E-state index is 14.3. The van der Waals surface area contributed by atoms with Crippen molar-refractivity contribution in [1.82, 2.24) is 9.47 Å². The Bertz CT molecular complexity index is 2030. The summed E-state index contributed by atoms with van der Waals surface area (Å²) in [5.74, 6) is 1.92.